The van der Waals surface area contributed by atoms with Crippen LogP contribution in [0.5, 0.6) is 0 Å². The Labute approximate surface area is 159 Å². The molecule has 0 fully saturated rings. The summed E-state index contributed by atoms with van der Waals surface area (Å²) in [7, 11) is 0. The van der Waals surface area contributed by atoms with E-state index in [0.717, 1.165) is 34.6 Å². The number of amides is 1. The Morgan fingerprint density at radius 3 is 2.70 bits per heavy atom. The van der Waals surface area contributed by atoms with E-state index in [1.165, 1.54) is 0 Å². The third kappa shape index (κ3) is 3.85. The summed E-state index contributed by atoms with van der Waals surface area (Å²) in [4.78, 5) is 14.0. The zero-order valence-electron chi connectivity index (χ0n) is 16.3. The van der Waals surface area contributed by atoms with Gasteiger partial charge in [0.15, 0.2) is 5.82 Å². The van der Waals surface area contributed by atoms with Crippen LogP contribution in [0.1, 0.15) is 43.2 Å². The number of carbonyl (C=O) groups excluding carboxylic acids is 1. The van der Waals surface area contributed by atoms with E-state index in [0.29, 0.717) is 17.9 Å². The normalized spacial score (nSPS) is 13.1. The van der Waals surface area contributed by atoms with Crippen molar-refractivity contribution in [3.63, 3.8) is 0 Å². The van der Waals surface area contributed by atoms with Crippen molar-refractivity contribution in [1.82, 2.24) is 10.2 Å². The van der Waals surface area contributed by atoms with E-state index in [2.05, 4.69) is 21.6 Å². The van der Waals surface area contributed by atoms with Crippen LogP contribution in [0, 0.1) is 25.2 Å². The Bertz CT molecular complexity index is 941. The minimum absolute atomic E-state index is 0.339. The smallest absolute Gasteiger partial charge is 0.414 e. The van der Waals surface area contributed by atoms with Gasteiger partial charge < -0.3 is 10.1 Å². The molecule has 1 aromatic heterocycles. The average Bonchev–Trinajstić information content (AvgIpc) is 3.00. The minimum atomic E-state index is -0.531. The number of benzene rings is 1. The second-order valence-corrected chi connectivity index (χ2v) is 7.60. The van der Waals surface area contributed by atoms with Crippen LogP contribution in [-0.2, 0) is 11.2 Å². The first-order valence-electron chi connectivity index (χ1n) is 8.84. The van der Waals surface area contributed by atoms with Crippen molar-refractivity contribution in [3.05, 3.63) is 40.6 Å². The highest BCUT2D eigenvalue weighted by molar-refractivity contribution is 5.91. The molecule has 1 aliphatic rings. The first kappa shape index (κ1) is 18.6. The number of rotatable bonds is 2. The lowest BCUT2D eigenvalue weighted by molar-refractivity contribution is 0.0584. The van der Waals surface area contributed by atoms with Crippen LogP contribution in [0.2, 0.25) is 0 Å². The minimum Gasteiger partial charge on any atom is -0.443 e. The lowest BCUT2D eigenvalue weighted by atomic mass is 10.1. The molecule has 2 aromatic rings. The quantitative estimate of drug-likeness (QED) is 0.865. The van der Waals surface area contributed by atoms with Gasteiger partial charge in [0.2, 0.25) is 0 Å². The predicted octanol–water partition coefficient (Wildman–Crippen LogP) is 4.01. The Hall–Kier alpha value is -3.14. The summed E-state index contributed by atoms with van der Waals surface area (Å²) in [6, 6.07) is 7.90. The lowest BCUT2D eigenvalue weighted by Crippen LogP contribution is -2.35. The molecule has 0 radical (unpaired) electrons. The van der Waals surface area contributed by atoms with Gasteiger partial charge in [0.25, 0.3) is 0 Å². The van der Waals surface area contributed by atoms with E-state index >= 15 is 0 Å². The van der Waals surface area contributed by atoms with Crippen LogP contribution in [0.15, 0.2) is 18.2 Å². The maximum absolute atomic E-state index is 12.4. The highest BCUT2D eigenvalue weighted by atomic mass is 16.6. The summed E-state index contributed by atoms with van der Waals surface area (Å²) >= 11 is 0. The molecule has 2 heterocycles. The van der Waals surface area contributed by atoms with Gasteiger partial charge in [-0.2, -0.15) is 10.4 Å². The van der Waals surface area contributed by atoms with Crippen LogP contribution >= 0.6 is 0 Å². The molecule has 7 heteroatoms. The molecule has 0 saturated heterocycles. The van der Waals surface area contributed by atoms with Gasteiger partial charge in [-0.25, -0.2) is 4.79 Å². The van der Waals surface area contributed by atoms with E-state index < -0.39 is 5.60 Å². The van der Waals surface area contributed by atoms with Crippen molar-refractivity contribution >= 4 is 23.3 Å². The molecule has 140 valence electrons. The molecule has 0 unspecified atom stereocenters. The molecule has 3 rings (SSSR count). The lowest BCUT2D eigenvalue weighted by Gasteiger charge is -2.24. The van der Waals surface area contributed by atoms with E-state index in [1.54, 1.807) is 4.90 Å². The van der Waals surface area contributed by atoms with Crippen LogP contribution < -0.4 is 10.2 Å². The van der Waals surface area contributed by atoms with E-state index in [9.17, 15) is 10.1 Å². The number of hydrogen-bond donors (Lipinski definition) is 1. The summed E-state index contributed by atoms with van der Waals surface area (Å²) in [5.41, 5.74) is 4.19. The Balaban J connectivity index is 1.84. The SMILES string of the molecule is Cc1nnc(Nc2ccc3c(c2)CCN3C(=O)OC(C)(C)C)c(C#N)c1C. The molecular formula is C20H23N5O2. The number of nitrogens with one attached hydrogen (secondary N) is 1. The predicted molar refractivity (Wildman–Crippen MR) is 103 cm³/mol. The maximum Gasteiger partial charge on any atom is 0.414 e. The molecule has 1 aromatic carbocycles. The van der Waals surface area contributed by atoms with Crippen molar-refractivity contribution < 1.29 is 9.53 Å². The maximum atomic E-state index is 12.4. The van der Waals surface area contributed by atoms with E-state index in [1.807, 2.05) is 52.8 Å². The van der Waals surface area contributed by atoms with Gasteiger partial charge in [0.1, 0.15) is 17.2 Å². The van der Waals surface area contributed by atoms with Gasteiger partial charge in [0, 0.05) is 12.2 Å². The zero-order valence-corrected chi connectivity index (χ0v) is 16.3. The van der Waals surface area contributed by atoms with Gasteiger partial charge in [-0.3, -0.25) is 4.90 Å². The number of carbonyl (C=O) groups is 1. The molecule has 0 saturated carbocycles. The number of nitrogens with zero attached hydrogens (tertiary/aromatic N) is 4. The molecule has 0 spiro atoms. The first-order valence-corrected chi connectivity index (χ1v) is 8.84. The van der Waals surface area contributed by atoms with Crippen LogP contribution in [-0.4, -0.2) is 28.4 Å². The van der Waals surface area contributed by atoms with Crippen LogP contribution in [0.3, 0.4) is 0 Å². The molecule has 1 aliphatic heterocycles. The van der Waals surface area contributed by atoms with Crippen molar-refractivity contribution in [3.8, 4) is 6.07 Å². The summed E-state index contributed by atoms with van der Waals surface area (Å²) in [6.07, 6.45) is 0.405. The third-order valence-corrected chi connectivity index (χ3v) is 4.42. The molecule has 27 heavy (non-hydrogen) atoms. The van der Waals surface area contributed by atoms with Gasteiger partial charge in [-0.1, -0.05) is 0 Å². The van der Waals surface area contributed by atoms with Gasteiger partial charge in [0.05, 0.1) is 11.4 Å². The Morgan fingerprint density at radius 2 is 2.04 bits per heavy atom. The highest BCUT2D eigenvalue weighted by Crippen LogP contribution is 2.33. The topological polar surface area (TPSA) is 91.1 Å². The van der Waals surface area contributed by atoms with Crippen molar-refractivity contribution in [2.45, 2.75) is 46.6 Å². The van der Waals surface area contributed by atoms with Crippen LogP contribution in [0.25, 0.3) is 0 Å². The van der Waals surface area contributed by atoms with Crippen molar-refractivity contribution in [1.29, 1.82) is 5.26 Å². The number of aromatic nitrogens is 2. The average molecular weight is 365 g/mol. The number of nitriles is 1. The van der Waals surface area contributed by atoms with E-state index in [4.69, 9.17) is 4.74 Å². The standard InChI is InChI=1S/C20H23N5O2/c1-12-13(2)23-24-18(16(12)11-21)22-15-6-7-17-14(10-15)8-9-25(17)19(26)27-20(3,4)5/h6-7,10H,8-9H2,1-5H3,(H,22,24). The second kappa shape index (κ2) is 6.88. The first-order chi connectivity index (χ1) is 12.7. The number of aryl methyl sites for hydroxylation is 1. The van der Waals surface area contributed by atoms with Gasteiger partial charge in [-0.05, 0) is 70.4 Å². The van der Waals surface area contributed by atoms with Crippen LogP contribution in [0.4, 0.5) is 22.0 Å². The molecular weight excluding hydrogens is 342 g/mol. The number of hydrogen-bond acceptors (Lipinski definition) is 6. The fourth-order valence-electron chi connectivity index (χ4n) is 2.96. The van der Waals surface area contributed by atoms with Crippen molar-refractivity contribution in [2.24, 2.45) is 0 Å². The second-order valence-electron chi connectivity index (χ2n) is 7.60. The molecule has 0 bridgehead atoms. The summed E-state index contributed by atoms with van der Waals surface area (Å²) in [5, 5.41) is 20.8. The monoisotopic (exact) mass is 365 g/mol. The number of anilines is 3. The highest BCUT2D eigenvalue weighted by Gasteiger charge is 2.29. The summed E-state index contributed by atoms with van der Waals surface area (Å²) in [5.74, 6) is 0.433. The summed E-state index contributed by atoms with van der Waals surface area (Å²) < 4.78 is 5.48. The molecule has 0 atom stereocenters. The zero-order chi connectivity index (χ0) is 19.8. The van der Waals surface area contributed by atoms with Gasteiger partial charge >= 0.3 is 6.09 Å². The largest absolute Gasteiger partial charge is 0.443 e. The Morgan fingerprint density at radius 1 is 1.30 bits per heavy atom. The summed E-state index contributed by atoms with van der Waals surface area (Å²) in [6.45, 7) is 9.83. The van der Waals surface area contributed by atoms with E-state index in [-0.39, 0.29) is 6.09 Å². The number of ether oxygens (including phenoxy) is 1. The molecule has 7 nitrogen and oxygen atoms in total. The fraction of sp³-hybridized carbons (Fsp3) is 0.400. The Kier molecular flexibility index (Phi) is 4.75. The van der Waals surface area contributed by atoms with Crippen molar-refractivity contribution in [2.75, 3.05) is 16.8 Å². The molecule has 1 amide bonds. The number of fused-ring (bicyclic) bond motifs is 1. The fourth-order valence-corrected chi connectivity index (χ4v) is 2.96. The molecule has 1 N–H and O–H groups in total. The third-order valence-electron chi connectivity index (χ3n) is 4.42. The van der Waals surface area contributed by atoms with Gasteiger partial charge in [-0.15, -0.1) is 5.10 Å². The molecule has 0 aliphatic carbocycles.